The zero-order valence-corrected chi connectivity index (χ0v) is 6.93. The van der Waals surface area contributed by atoms with Crippen LogP contribution in [0.2, 0.25) is 0 Å². The van der Waals surface area contributed by atoms with Gasteiger partial charge in [0.15, 0.2) is 0 Å². The van der Waals surface area contributed by atoms with Gasteiger partial charge < -0.3 is 0 Å². The molecule has 2 atom stereocenters. The van der Waals surface area contributed by atoms with E-state index in [0.717, 1.165) is 0 Å². The summed E-state index contributed by atoms with van der Waals surface area (Å²) in [6.45, 7) is 1.52. The quantitative estimate of drug-likeness (QED) is 0.432. The van der Waals surface area contributed by atoms with Crippen LogP contribution in [-0.4, -0.2) is 36.9 Å². The Morgan fingerprint density at radius 1 is 1.08 bits per heavy atom. The molecular weight excluding hydrogens is 174 g/mol. The lowest BCUT2D eigenvalue weighted by Crippen LogP contribution is -2.22. The van der Waals surface area contributed by atoms with Crippen LogP contribution >= 0.6 is 0 Å². The molecular formula is C7H7N3O3. The minimum absolute atomic E-state index is 0.0366. The molecule has 0 saturated carbocycles. The highest BCUT2D eigenvalue weighted by Gasteiger charge is 2.14. The van der Waals surface area contributed by atoms with Crippen LogP contribution in [0.1, 0.15) is 6.92 Å². The van der Waals surface area contributed by atoms with E-state index in [1.54, 1.807) is 6.92 Å². The molecule has 6 heteroatoms. The number of carbonyl (C=O) groups excluding carboxylic acids is 3. The maximum atomic E-state index is 9.92. The molecule has 0 aliphatic heterocycles. The number of rotatable bonds is 5. The number of isocyanates is 3. The van der Waals surface area contributed by atoms with Gasteiger partial charge in [-0.15, -0.1) is 0 Å². The number of nitrogens with zero attached hydrogens (tertiary/aromatic N) is 3. The van der Waals surface area contributed by atoms with Gasteiger partial charge in [-0.25, -0.2) is 24.4 Å². The highest BCUT2D eigenvalue weighted by atomic mass is 16.1. The first-order valence-corrected chi connectivity index (χ1v) is 3.43. The van der Waals surface area contributed by atoms with Crippen molar-refractivity contribution in [2.75, 3.05) is 6.54 Å². The van der Waals surface area contributed by atoms with Crippen LogP contribution in [0.4, 0.5) is 0 Å². The molecule has 0 saturated heterocycles. The van der Waals surface area contributed by atoms with E-state index >= 15 is 0 Å². The Hall–Kier alpha value is -1.86. The molecule has 0 aromatic heterocycles. The smallest absolute Gasteiger partial charge is 0.211 e. The molecule has 0 fully saturated rings. The fourth-order valence-electron chi connectivity index (χ4n) is 0.669. The van der Waals surface area contributed by atoms with Crippen LogP contribution in [0.5, 0.6) is 0 Å². The summed E-state index contributed by atoms with van der Waals surface area (Å²) in [7, 11) is 0. The topological polar surface area (TPSA) is 88.3 Å². The van der Waals surface area contributed by atoms with E-state index in [0.29, 0.717) is 0 Å². The van der Waals surface area contributed by atoms with E-state index in [2.05, 4.69) is 15.0 Å². The SMILES string of the molecule is CC(N=C=O)C(CN=C=O)N=C=O. The number of hydrogen-bond donors (Lipinski definition) is 0. The summed E-state index contributed by atoms with van der Waals surface area (Å²) in [5.41, 5.74) is 0. The summed E-state index contributed by atoms with van der Waals surface area (Å²) in [5, 5.41) is 0. The summed E-state index contributed by atoms with van der Waals surface area (Å²) in [6, 6.07) is -1.20. The van der Waals surface area contributed by atoms with Crippen LogP contribution in [-0.2, 0) is 14.4 Å². The second kappa shape index (κ2) is 6.83. The normalized spacial score (nSPS) is 12.7. The molecule has 0 bridgehead atoms. The number of hydrogen-bond acceptors (Lipinski definition) is 6. The van der Waals surface area contributed by atoms with Crippen molar-refractivity contribution in [3.05, 3.63) is 0 Å². The minimum Gasteiger partial charge on any atom is -0.211 e. The zero-order valence-electron chi connectivity index (χ0n) is 6.93. The first-order chi connectivity index (χ1) is 6.26. The third kappa shape index (κ3) is 4.56. The molecule has 0 rings (SSSR count). The van der Waals surface area contributed by atoms with Gasteiger partial charge in [-0.3, -0.25) is 0 Å². The average Bonchev–Trinajstić information content (AvgIpc) is 2.12. The average molecular weight is 181 g/mol. The molecule has 68 valence electrons. The predicted molar refractivity (Wildman–Crippen MR) is 42.5 cm³/mol. The molecule has 2 unspecified atom stereocenters. The van der Waals surface area contributed by atoms with Gasteiger partial charge in [0, 0.05) is 0 Å². The zero-order chi connectivity index (χ0) is 10.1. The molecule has 0 aliphatic rings. The van der Waals surface area contributed by atoms with Crippen LogP contribution in [0.25, 0.3) is 0 Å². The standard InChI is InChI=1S/C7H7N3O3/c1-6(9-4-12)7(10-5-13)2-8-3-11/h6-7H,2H2,1H3. The maximum absolute atomic E-state index is 9.92. The van der Waals surface area contributed by atoms with E-state index in [1.807, 2.05) is 0 Å². The van der Waals surface area contributed by atoms with E-state index in [1.165, 1.54) is 18.2 Å². The van der Waals surface area contributed by atoms with Gasteiger partial charge in [0.1, 0.15) is 6.04 Å². The third-order valence-corrected chi connectivity index (χ3v) is 1.37. The Balaban J connectivity index is 4.47. The molecule has 6 nitrogen and oxygen atoms in total. The molecule has 0 amide bonds. The Bertz CT molecular complexity index is 296. The Labute approximate surface area is 74.1 Å². The van der Waals surface area contributed by atoms with Crippen LogP contribution in [0.15, 0.2) is 15.0 Å². The second-order valence-electron chi connectivity index (χ2n) is 2.18. The molecule has 0 aromatic rings. The van der Waals surface area contributed by atoms with Gasteiger partial charge in [-0.05, 0) is 6.92 Å². The van der Waals surface area contributed by atoms with Gasteiger partial charge in [-0.2, -0.15) is 4.99 Å². The fraction of sp³-hybridized carbons (Fsp3) is 0.571. The van der Waals surface area contributed by atoms with Gasteiger partial charge in [-0.1, -0.05) is 0 Å². The van der Waals surface area contributed by atoms with Gasteiger partial charge in [0.2, 0.25) is 18.2 Å². The van der Waals surface area contributed by atoms with E-state index in [-0.39, 0.29) is 6.54 Å². The summed E-state index contributed by atoms with van der Waals surface area (Å²) in [6.07, 6.45) is 3.94. The minimum atomic E-state index is -0.652. The predicted octanol–water partition coefficient (Wildman–Crippen LogP) is -0.249. The summed E-state index contributed by atoms with van der Waals surface area (Å²) >= 11 is 0. The van der Waals surface area contributed by atoms with E-state index in [9.17, 15) is 14.4 Å². The van der Waals surface area contributed by atoms with Crippen molar-refractivity contribution in [1.29, 1.82) is 0 Å². The lowest BCUT2D eigenvalue weighted by Gasteiger charge is -2.08. The second-order valence-corrected chi connectivity index (χ2v) is 2.18. The molecule has 0 N–H and O–H groups in total. The maximum Gasteiger partial charge on any atom is 0.235 e. The van der Waals surface area contributed by atoms with Crippen molar-refractivity contribution in [3.8, 4) is 0 Å². The summed E-state index contributed by atoms with van der Waals surface area (Å²) in [5.74, 6) is 0. The fourth-order valence-corrected chi connectivity index (χ4v) is 0.669. The van der Waals surface area contributed by atoms with Crippen molar-refractivity contribution < 1.29 is 14.4 Å². The van der Waals surface area contributed by atoms with Crippen molar-refractivity contribution in [3.63, 3.8) is 0 Å². The Morgan fingerprint density at radius 3 is 2.15 bits per heavy atom. The van der Waals surface area contributed by atoms with Gasteiger partial charge >= 0.3 is 0 Å². The van der Waals surface area contributed by atoms with E-state index < -0.39 is 12.1 Å². The summed E-state index contributed by atoms with van der Waals surface area (Å²) < 4.78 is 0. The van der Waals surface area contributed by atoms with Gasteiger partial charge in [0.05, 0.1) is 12.6 Å². The third-order valence-electron chi connectivity index (χ3n) is 1.37. The highest BCUT2D eigenvalue weighted by molar-refractivity contribution is 5.37. The van der Waals surface area contributed by atoms with Crippen LogP contribution in [0, 0.1) is 0 Å². The molecule has 0 aliphatic carbocycles. The largest absolute Gasteiger partial charge is 0.235 e. The molecule has 0 heterocycles. The van der Waals surface area contributed by atoms with E-state index in [4.69, 9.17) is 0 Å². The van der Waals surface area contributed by atoms with Gasteiger partial charge in [0.25, 0.3) is 0 Å². The Kier molecular flexibility index (Phi) is 5.85. The lowest BCUT2D eigenvalue weighted by atomic mass is 10.1. The molecule has 0 aromatic carbocycles. The van der Waals surface area contributed by atoms with Crippen LogP contribution < -0.4 is 0 Å². The van der Waals surface area contributed by atoms with Crippen molar-refractivity contribution in [1.82, 2.24) is 0 Å². The monoisotopic (exact) mass is 181 g/mol. The van der Waals surface area contributed by atoms with Crippen molar-refractivity contribution >= 4 is 18.2 Å². The van der Waals surface area contributed by atoms with Crippen molar-refractivity contribution in [2.45, 2.75) is 19.0 Å². The highest BCUT2D eigenvalue weighted by Crippen LogP contribution is 2.02. The number of aliphatic imine (C=N–C) groups is 3. The molecule has 0 radical (unpaired) electrons. The van der Waals surface area contributed by atoms with Crippen molar-refractivity contribution in [2.24, 2.45) is 15.0 Å². The van der Waals surface area contributed by atoms with Crippen LogP contribution in [0.3, 0.4) is 0 Å². The lowest BCUT2D eigenvalue weighted by molar-refractivity contribution is 0.522. The molecule has 0 spiro atoms. The molecule has 13 heavy (non-hydrogen) atoms. The summed E-state index contributed by atoms with van der Waals surface area (Å²) in [4.78, 5) is 39.4. The first-order valence-electron chi connectivity index (χ1n) is 3.43. The Morgan fingerprint density at radius 2 is 1.69 bits per heavy atom. The first kappa shape index (κ1) is 11.1.